The molecule has 94 valence electrons. The molecule has 0 amide bonds. The van der Waals surface area contributed by atoms with Crippen molar-refractivity contribution in [2.45, 2.75) is 56.2 Å². The minimum atomic E-state index is -3.13. The SMILES string of the molecule is NCC(NS(=O)(=O)C1CCCCC1)C1CC1. The lowest BCUT2D eigenvalue weighted by atomic mass is 10.0. The van der Waals surface area contributed by atoms with E-state index in [-0.39, 0.29) is 11.3 Å². The first-order valence-electron chi connectivity index (χ1n) is 6.34. The van der Waals surface area contributed by atoms with Crippen molar-refractivity contribution in [2.24, 2.45) is 11.7 Å². The van der Waals surface area contributed by atoms with Gasteiger partial charge in [0.1, 0.15) is 0 Å². The van der Waals surface area contributed by atoms with Crippen molar-refractivity contribution in [1.29, 1.82) is 0 Å². The highest BCUT2D eigenvalue weighted by Crippen LogP contribution is 2.33. The third-order valence-corrected chi connectivity index (χ3v) is 5.73. The monoisotopic (exact) mass is 246 g/mol. The lowest BCUT2D eigenvalue weighted by Crippen LogP contribution is -2.46. The van der Waals surface area contributed by atoms with Crippen molar-refractivity contribution in [3.8, 4) is 0 Å². The van der Waals surface area contributed by atoms with E-state index in [0.29, 0.717) is 12.5 Å². The Bertz CT molecular complexity index is 319. The van der Waals surface area contributed by atoms with Gasteiger partial charge in [0.2, 0.25) is 10.0 Å². The first-order chi connectivity index (χ1) is 7.63. The van der Waals surface area contributed by atoms with Crippen molar-refractivity contribution in [2.75, 3.05) is 6.54 Å². The minimum Gasteiger partial charge on any atom is -0.329 e. The molecule has 0 saturated heterocycles. The van der Waals surface area contributed by atoms with Crippen LogP contribution in [-0.2, 0) is 10.0 Å². The molecule has 0 radical (unpaired) electrons. The van der Waals surface area contributed by atoms with Crippen LogP contribution in [0.25, 0.3) is 0 Å². The van der Waals surface area contributed by atoms with E-state index in [1.165, 1.54) is 6.42 Å². The zero-order valence-electron chi connectivity index (χ0n) is 9.69. The molecule has 2 rings (SSSR count). The summed E-state index contributed by atoms with van der Waals surface area (Å²) in [6.45, 7) is 0.427. The van der Waals surface area contributed by atoms with Crippen molar-refractivity contribution in [3.05, 3.63) is 0 Å². The average Bonchev–Trinajstić information content (AvgIpc) is 3.11. The molecule has 16 heavy (non-hydrogen) atoms. The zero-order chi connectivity index (χ0) is 11.6. The quantitative estimate of drug-likeness (QED) is 0.759. The highest BCUT2D eigenvalue weighted by atomic mass is 32.2. The molecule has 0 heterocycles. The second-order valence-electron chi connectivity index (χ2n) is 5.10. The third-order valence-electron chi connectivity index (χ3n) is 3.75. The van der Waals surface area contributed by atoms with Crippen LogP contribution in [0, 0.1) is 5.92 Å². The van der Waals surface area contributed by atoms with Gasteiger partial charge in [-0.05, 0) is 31.6 Å². The molecule has 3 N–H and O–H groups in total. The number of hydrogen-bond donors (Lipinski definition) is 2. The zero-order valence-corrected chi connectivity index (χ0v) is 10.5. The maximum Gasteiger partial charge on any atom is 0.214 e. The number of nitrogens with one attached hydrogen (secondary N) is 1. The molecule has 0 aliphatic heterocycles. The standard InChI is InChI=1S/C11H22N2O2S/c12-8-11(9-6-7-9)13-16(14,15)10-4-2-1-3-5-10/h9-11,13H,1-8,12H2. The lowest BCUT2D eigenvalue weighted by Gasteiger charge is -2.25. The minimum absolute atomic E-state index is 0.0214. The van der Waals surface area contributed by atoms with Crippen LogP contribution in [0.2, 0.25) is 0 Å². The van der Waals surface area contributed by atoms with Crippen molar-refractivity contribution < 1.29 is 8.42 Å². The largest absolute Gasteiger partial charge is 0.329 e. The Hall–Kier alpha value is -0.130. The van der Waals surface area contributed by atoms with Crippen molar-refractivity contribution in [1.82, 2.24) is 4.72 Å². The molecule has 0 bridgehead atoms. The molecule has 4 nitrogen and oxygen atoms in total. The second-order valence-corrected chi connectivity index (χ2v) is 7.09. The van der Waals surface area contributed by atoms with Gasteiger partial charge < -0.3 is 5.73 Å². The van der Waals surface area contributed by atoms with Gasteiger partial charge >= 0.3 is 0 Å². The van der Waals surface area contributed by atoms with Crippen LogP contribution >= 0.6 is 0 Å². The van der Waals surface area contributed by atoms with Gasteiger partial charge in [0.25, 0.3) is 0 Å². The van der Waals surface area contributed by atoms with E-state index in [1.807, 2.05) is 0 Å². The van der Waals surface area contributed by atoms with Crippen LogP contribution in [0.1, 0.15) is 44.9 Å². The van der Waals surface area contributed by atoms with E-state index < -0.39 is 10.0 Å². The van der Waals surface area contributed by atoms with E-state index >= 15 is 0 Å². The van der Waals surface area contributed by atoms with Crippen LogP contribution in [0.3, 0.4) is 0 Å². The van der Waals surface area contributed by atoms with E-state index in [2.05, 4.69) is 4.72 Å². The molecule has 1 atom stereocenters. The Labute approximate surface area is 98.0 Å². The highest BCUT2D eigenvalue weighted by molar-refractivity contribution is 7.90. The molecule has 2 aliphatic carbocycles. The molecule has 0 aromatic heterocycles. The van der Waals surface area contributed by atoms with Crippen molar-refractivity contribution in [3.63, 3.8) is 0 Å². The van der Waals surface area contributed by atoms with E-state index in [0.717, 1.165) is 38.5 Å². The summed E-state index contributed by atoms with van der Waals surface area (Å²) < 4.78 is 27.1. The molecular formula is C11H22N2O2S. The van der Waals surface area contributed by atoms with Crippen LogP contribution in [0.5, 0.6) is 0 Å². The fraction of sp³-hybridized carbons (Fsp3) is 1.00. The van der Waals surface area contributed by atoms with Crippen molar-refractivity contribution >= 4 is 10.0 Å². The summed E-state index contributed by atoms with van der Waals surface area (Å²) in [6.07, 6.45) is 7.14. The Morgan fingerprint density at radius 2 is 1.75 bits per heavy atom. The molecule has 0 aromatic carbocycles. The molecule has 2 aliphatic rings. The van der Waals surface area contributed by atoms with Gasteiger partial charge in [-0.1, -0.05) is 19.3 Å². The Morgan fingerprint density at radius 1 is 1.12 bits per heavy atom. The summed E-state index contributed by atoms with van der Waals surface area (Å²) in [4.78, 5) is 0. The number of sulfonamides is 1. The van der Waals surface area contributed by atoms with Crippen LogP contribution < -0.4 is 10.5 Å². The highest BCUT2D eigenvalue weighted by Gasteiger charge is 2.35. The van der Waals surface area contributed by atoms with E-state index in [9.17, 15) is 8.42 Å². The summed E-state index contributed by atoms with van der Waals surface area (Å²) >= 11 is 0. The first kappa shape index (κ1) is 12.3. The van der Waals surface area contributed by atoms with Crippen LogP contribution in [-0.4, -0.2) is 26.3 Å². The molecule has 1 unspecified atom stereocenters. The molecule has 2 saturated carbocycles. The first-order valence-corrected chi connectivity index (χ1v) is 7.89. The Kier molecular flexibility index (Phi) is 3.87. The predicted octanol–water partition coefficient (Wildman–Crippen LogP) is 0.976. The maximum absolute atomic E-state index is 12.1. The predicted molar refractivity (Wildman–Crippen MR) is 64.5 cm³/mol. The average molecular weight is 246 g/mol. The summed E-state index contributed by atoms with van der Waals surface area (Å²) in [6, 6.07) is -0.0214. The molecule has 0 aromatic rings. The fourth-order valence-electron chi connectivity index (χ4n) is 2.52. The van der Waals surface area contributed by atoms with Crippen LogP contribution in [0.15, 0.2) is 0 Å². The summed E-state index contributed by atoms with van der Waals surface area (Å²) in [5.41, 5.74) is 5.62. The van der Waals surface area contributed by atoms with Gasteiger partial charge in [-0.15, -0.1) is 0 Å². The third kappa shape index (κ3) is 2.96. The van der Waals surface area contributed by atoms with Gasteiger partial charge in [0.15, 0.2) is 0 Å². The number of hydrogen-bond acceptors (Lipinski definition) is 3. The summed E-state index contributed by atoms with van der Waals surface area (Å²) in [5.74, 6) is 0.489. The smallest absolute Gasteiger partial charge is 0.214 e. The maximum atomic E-state index is 12.1. The van der Waals surface area contributed by atoms with E-state index in [1.54, 1.807) is 0 Å². The molecular weight excluding hydrogens is 224 g/mol. The van der Waals surface area contributed by atoms with Gasteiger partial charge in [0.05, 0.1) is 5.25 Å². The van der Waals surface area contributed by atoms with Gasteiger partial charge in [-0.2, -0.15) is 0 Å². The van der Waals surface area contributed by atoms with Gasteiger partial charge in [0, 0.05) is 12.6 Å². The fourth-order valence-corrected chi connectivity index (χ4v) is 4.38. The summed E-state index contributed by atoms with van der Waals surface area (Å²) in [5, 5.41) is -0.172. The molecule has 5 heteroatoms. The molecule has 0 spiro atoms. The normalized spacial score (nSPS) is 25.6. The van der Waals surface area contributed by atoms with Crippen LogP contribution in [0.4, 0.5) is 0 Å². The molecule has 2 fully saturated rings. The Balaban J connectivity index is 1.94. The lowest BCUT2D eigenvalue weighted by molar-refractivity contribution is 0.462. The topological polar surface area (TPSA) is 72.2 Å². The second kappa shape index (κ2) is 5.02. The van der Waals surface area contributed by atoms with Gasteiger partial charge in [-0.3, -0.25) is 0 Å². The number of nitrogens with two attached hydrogens (primary N) is 1. The van der Waals surface area contributed by atoms with Gasteiger partial charge in [-0.25, -0.2) is 13.1 Å². The Morgan fingerprint density at radius 3 is 2.25 bits per heavy atom. The van der Waals surface area contributed by atoms with E-state index in [4.69, 9.17) is 5.73 Å². The number of rotatable bonds is 5. The summed E-state index contributed by atoms with van der Waals surface area (Å²) in [7, 11) is -3.13.